The molecule has 0 spiro atoms. The Hall–Kier alpha value is -1.26. The van der Waals surface area contributed by atoms with Crippen LogP contribution in [0.25, 0.3) is 0 Å². The summed E-state index contributed by atoms with van der Waals surface area (Å²) < 4.78 is -1.51. The average Bonchev–Trinajstić information content (AvgIpc) is 2.35. The Bertz CT molecular complexity index is 580. The van der Waals surface area contributed by atoms with E-state index in [9.17, 15) is 4.79 Å². The quantitative estimate of drug-likeness (QED) is 0.574. The predicted molar refractivity (Wildman–Crippen MR) is 84.2 cm³/mol. The summed E-state index contributed by atoms with van der Waals surface area (Å²) in [4.78, 5) is 11.4. The highest BCUT2D eigenvalue weighted by Gasteiger charge is 2.20. The molecule has 0 atom stereocenters. The second kappa shape index (κ2) is 6.95. The van der Waals surface area contributed by atoms with E-state index < -0.39 is 9.70 Å². The first-order valence-electron chi connectivity index (χ1n) is 5.19. The van der Waals surface area contributed by atoms with Crippen LogP contribution in [0, 0.1) is 11.3 Å². The third kappa shape index (κ3) is 5.02. The average molecular weight is 352 g/mol. The van der Waals surface area contributed by atoms with Gasteiger partial charge in [0, 0.05) is 0 Å². The Labute approximate surface area is 136 Å². The molecule has 20 heavy (non-hydrogen) atoms. The summed E-state index contributed by atoms with van der Waals surface area (Å²) in [6, 6.07) is 6.50. The molecule has 0 aliphatic carbocycles. The lowest BCUT2D eigenvalue weighted by atomic mass is 10.1. The molecule has 0 aliphatic heterocycles. The van der Waals surface area contributed by atoms with E-state index in [-0.39, 0.29) is 22.8 Å². The Balaban J connectivity index is 2.91. The zero-order valence-electron chi connectivity index (χ0n) is 9.91. The minimum Gasteiger partial charge on any atom is -0.365 e. The molecule has 9 heteroatoms. The molecule has 1 amide bonds. The molecule has 0 fully saturated rings. The number of nitrogens with two attached hydrogens (primary N) is 1. The minimum absolute atomic E-state index is 0.0205. The van der Waals surface area contributed by atoms with Crippen LogP contribution in [0.5, 0.6) is 0 Å². The van der Waals surface area contributed by atoms with Gasteiger partial charge in [-0.05, 0) is 24.4 Å². The SMILES string of the molecule is N#Cc1cccc(NC(=S)NCC(Cl)(Cl)Cl)c1C(N)=O. The summed E-state index contributed by atoms with van der Waals surface area (Å²) in [5.74, 6) is -0.742. The number of thiocarbonyl (C=S) groups is 1. The van der Waals surface area contributed by atoms with Crippen molar-refractivity contribution in [1.82, 2.24) is 5.32 Å². The number of hydrogen-bond acceptors (Lipinski definition) is 3. The van der Waals surface area contributed by atoms with Crippen molar-refractivity contribution in [2.24, 2.45) is 5.73 Å². The maximum atomic E-state index is 11.4. The Morgan fingerprint density at radius 1 is 1.45 bits per heavy atom. The van der Waals surface area contributed by atoms with Crippen LogP contribution < -0.4 is 16.4 Å². The van der Waals surface area contributed by atoms with Gasteiger partial charge in [0.05, 0.1) is 23.4 Å². The number of alkyl halides is 3. The molecule has 4 N–H and O–H groups in total. The molecule has 0 heterocycles. The highest BCUT2D eigenvalue weighted by atomic mass is 35.6. The number of nitriles is 1. The number of nitrogens with one attached hydrogen (secondary N) is 2. The van der Waals surface area contributed by atoms with Crippen LogP contribution in [0.2, 0.25) is 0 Å². The maximum absolute atomic E-state index is 11.4. The molecule has 0 radical (unpaired) electrons. The fourth-order valence-electron chi connectivity index (χ4n) is 1.36. The van der Waals surface area contributed by atoms with Crippen molar-refractivity contribution in [3.63, 3.8) is 0 Å². The molecule has 1 aromatic carbocycles. The van der Waals surface area contributed by atoms with Crippen molar-refractivity contribution in [3.8, 4) is 6.07 Å². The number of rotatable bonds is 3. The molecule has 0 aliphatic rings. The molecule has 0 saturated carbocycles. The standard InChI is InChI=1S/C11H9Cl3N4OS/c12-11(13,14)5-17-10(20)18-7-3-1-2-6(4-15)8(7)9(16)19/h1-3H,5H2,(H2,16,19)(H2,17,18,20). The van der Waals surface area contributed by atoms with E-state index in [1.807, 2.05) is 6.07 Å². The third-order valence-electron chi connectivity index (χ3n) is 2.13. The molecule has 0 saturated heterocycles. The zero-order chi connectivity index (χ0) is 15.3. The van der Waals surface area contributed by atoms with Crippen molar-refractivity contribution in [3.05, 3.63) is 29.3 Å². The first-order chi connectivity index (χ1) is 9.24. The molecule has 0 unspecified atom stereocenters. The van der Waals surface area contributed by atoms with Gasteiger partial charge in [0.15, 0.2) is 5.11 Å². The highest BCUT2D eigenvalue weighted by Crippen LogP contribution is 2.24. The second-order valence-corrected chi connectivity index (χ2v) is 6.55. The number of nitrogens with zero attached hydrogens (tertiary/aromatic N) is 1. The van der Waals surface area contributed by atoms with Gasteiger partial charge in [-0.1, -0.05) is 40.9 Å². The van der Waals surface area contributed by atoms with E-state index >= 15 is 0 Å². The van der Waals surface area contributed by atoms with Crippen molar-refractivity contribution in [2.75, 3.05) is 11.9 Å². The molecule has 0 bridgehead atoms. The molecule has 1 rings (SSSR count). The lowest BCUT2D eigenvalue weighted by Gasteiger charge is -2.16. The van der Waals surface area contributed by atoms with Crippen LogP contribution in [-0.4, -0.2) is 21.4 Å². The molecule has 0 aromatic heterocycles. The van der Waals surface area contributed by atoms with Crippen molar-refractivity contribution in [2.45, 2.75) is 3.79 Å². The number of anilines is 1. The molecule has 106 valence electrons. The first-order valence-corrected chi connectivity index (χ1v) is 6.73. The lowest BCUT2D eigenvalue weighted by molar-refractivity contribution is 0.100. The van der Waals surface area contributed by atoms with Crippen molar-refractivity contribution < 1.29 is 4.79 Å². The summed E-state index contributed by atoms with van der Waals surface area (Å²) in [7, 11) is 0. The Kier molecular flexibility index (Phi) is 5.84. The van der Waals surface area contributed by atoms with E-state index in [4.69, 9.17) is 58.0 Å². The van der Waals surface area contributed by atoms with Crippen molar-refractivity contribution in [1.29, 1.82) is 5.26 Å². The monoisotopic (exact) mass is 350 g/mol. The topological polar surface area (TPSA) is 90.9 Å². The number of carbonyl (C=O) groups is 1. The molecule has 1 aromatic rings. The number of benzene rings is 1. The number of amides is 1. The largest absolute Gasteiger partial charge is 0.365 e. The smallest absolute Gasteiger partial charge is 0.252 e. The molecular formula is C11H9Cl3N4OS. The summed E-state index contributed by atoms with van der Waals surface area (Å²) >= 11 is 21.7. The highest BCUT2D eigenvalue weighted by molar-refractivity contribution is 7.80. The molecule has 5 nitrogen and oxygen atoms in total. The van der Waals surface area contributed by atoms with Crippen LogP contribution in [0.1, 0.15) is 15.9 Å². The number of halogens is 3. The maximum Gasteiger partial charge on any atom is 0.252 e. The van der Waals surface area contributed by atoms with E-state index in [2.05, 4.69) is 10.6 Å². The van der Waals surface area contributed by atoms with E-state index in [0.717, 1.165) is 0 Å². The van der Waals surface area contributed by atoms with Gasteiger partial charge in [-0.3, -0.25) is 4.79 Å². The van der Waals surface area contributed by atoms with Crippen LogP contribution in [0.4, 0.5) is 5.69 Å². The Morgan fingerprint density at radius 2 is 2.10 bits per heavy atom. The Morgan fingerprint density at radius 3 is 2.60 bits per heavy atom. The van der Waals surface area contributed by atoms with E-state index in [1.165, 1.54) is 6.07 Å². The van der Waals surface area contributed by atoms with Gasteiger partial charge in [0.2, 0.25) is 3.79 Å². The van der Waals surface area contributed by atoms with Crippen LogP contribution in [0.3, 0.4) is 0 Å². The summed E-state index contributed by atoms with van der Waals surface area (Å²) in [6.07, 6.45) is 0. The third-order valence-corrected chi connectivity index (χ3v) is 2.78. The number of carbonyl (C=O) groups excluding carboxylic acids is 1. The lowest BCUT2D eigenvalue weighted by Crippen LogP contribution is -2.35. The minimum atomic E-state index is -1.51. The van der Waals surface area contributed by atoms with Gasteiger partial charge in [0.25, 0.3) is 5.91 Å². The van der Waals surface area contributed by atoms with E-state index in [0.29, 0.717) is 5.69 Å². The first kappa shape index (κ1) is 16.8. The van der Waals surface area contributed by atoms with Crippen LogP contribution >= 0.6 is 47.0 Å². The molecular weight excluding hydrogens is 343 g/mol. The predicted octanol–water partition coefficient (Wildman–Crippen LogP) is 2.31. The van der Waals surface area contributed by atoms with Gasteiger partial charge < -0.3 is 16.4 Å². The van der Waals surface area contributed by atoms with Gasteiger partial charge in [-0.15, -0.1) is 0 Å². The summed E-state index contributed by atoms with van der Waals surface area (Å²) in [5.41, 5.74) is 5.75. The van der Waals surface area contributed by atoms with Gasteiger partial charge in [-0.25, -0.2) is 0 Å². The van der Waals surface area contributed by atoms with E-state index in [1.54, 1.807) is 12.1 Å². The fourth-order valence-corrected chi connectivity index (χ4v) is 1.74. The normalized spacial score (nSPS) is 10.5. The number of primary amides is 1. The zero-order valence-corrected chi connectivity index (χ0v) is 13.0. The summed E-state index contributed by atoms with van der Waals surface area (Å²) in [5, 5.41) is 14.5. The van der Waals surface area contributed by atoms with Gasteiger partial charge in [-0.2, -0.15) is 5.26 Å². The van der Waals surface area contributed by atoms with Crippen molar-refractivity contribution >= 4 is 63.7 Å². The van der Waals surface area contributed by atoms with Gasteiger partial charge >= 0.3 is 0 Å². The van der Waals surface area contributed by atoms with Gasteiger partial charge in [0.1, 0.15) is 6.07 Å². The van der Waals surface area contributed by atoms with Crippen LogP contribution in [0.15, 0.2) is 18.2 Å². The summed E-state index contributed by atoms with van der Waals surface area (Å²) in [6.45, 7) is -0.0205. The second-order valence-electron chi connectivity index (χ2n) is 3.63. The van der Waals surface area contributed by atoms with Crippen LogP contribution in [-0.2, 0) is 0 Å². The number of hydrogen-bond donors (Lipinski definition) is 3. The fraction of sp³-hybridized carbons (Fsp3) is 0.182.